The SMILES string of the molecule is COCC(=O)N1CCCC1c1cccc(F)c1. The molecule has 1 aliphatic heterocycles. The number of carbonyl (C=O) groups is 1. The molecule has 0 radical (unpaired) electrons. The maximum absolute atomic E-state index is 13.2. The first kappa shape index (κ1) is 12.0. The van der Waals surface area contributed by atoms with Crippen molar-refractivity contribution in [3.8, 4) is 0 Å². The number of rotatable bonds is 3. The summed E-state index contributed by atoms with van der Waals surface area (Å²) in [5.74, 6) is -0.284. The van der Waals surface area contributed by atoms with Gasteiger partial charge in [-0.15, -0.1) is 0 Å². The summed E-state index contributed by atoms with van der Waals surface area (Å²) in [6, 6.07) is 6.46. The van der Waals surface area contributed by atoms with Gasteiger partial charge in [-0.25, -0.2) is 4.39 Å². The van der Waals surface area contributed by atoms with Crippen molar-refractivity contribution in [2.24, 2.45) is 0 Å². The van der Waals surface area contributed by atoms with Crippen LogP contribution in [0.2, 0.25) is 0 Å². The van der Waals surface area contributed by atoms with Crippen molar-refractivity contribution in [3.05, 3.63) is 35.6 Å². The van der Waals surface area contributed by atoms with E-state index in [0.717, 1.165) is 24.9 Å². The number of methoxy groups -OCH3 is 1. The third-order valence-electron chi connectivity index (χ3n) is 3.07. The summed E-state index contributed by atoms with van der Waals surface area (Å²) < 4.78 is 18.0. The van der Waals surface area contributed by atoms with Crippen LogP contribution in [0.25, 0.3) is 0 Å². The fraction of sp³-hybridized carbons (Fsp3) is 0.462. The second-order valence-electron chi connectivity index (χ2n) is 4.23. The van der Waals surface area contributed by atoms with Crippen molar-refractivity contribution >= 4 is 5.91 Å². The zero-order chi connectivity index (χ0) is 12.3. The lowest BCUT2D eigenvalue weighted by molar-refractivity contribution is -0.136. The Morgan fingerprint density at radius 3 is 3.12 bits per heavy atom. The summed E-state index contributed by atoms with van der Waals surface area (Å²) >= 11 is 0. The van der Waals surface area contributed by atoms with Gasteiger partial charge >= 0.3 is 0 Å². The van der Waals surface area contributed by atoms with Gasteiger partial charge in [-0.05, 0) is 30.5 Å². The average molecular weight is 237 g/mol. The third kappa shape index (κ3) is 2.64. The number of benzene rings is 1. The molecule has 0 N–H and O–H groups in total. The Labute approximate surface area is 100 Å². The van der Waals surface area contributed by atoms with Gasteiger partial charge in [-0.2, -0.15) is 0 Å². The Morgan fingerprint density at radius 1 is 1.59 bits per heavy atom. The Balaban J connectivity index is 2.17. The van der Waals surface area contributed by atoms with E-state index in [1.165, 1.54) is 19.2 Å². The largest absolute Gasteiger partial charge is 0.375 e. The number of hydrogen-bond acceptors (Lipinski definition) is 2. The molecule has 17 heavy (non-hydrogen) atoms. The summed E-state index contributed by atoms with van der Waals surface area (Å²) in [6.45, 7) is 0.815. The second-order valence-corrected chi connectivity index (χ2v) is 4.23. The van der Waals surface area contributed by atoms with Gasteiger partial charge in [0.05, 0.1) is 6.04 Å². The van der Waals surface area contributed by atoms with E-state index in [4.69, 9.17) is 4.74 Å². The van der Waals surface area contributed by atoms with Gasteiger partial charge in [-0.3, -0.25) is 4.79 Å². The number of likely N-dealkylation sites (tertiary alicyclic amines) is 1. The first-order chi connectivity index (χ1) is 8.22. The van der Waals surface area contributed by atoms with Crippen LogP contribution in [0.1, 0.15) is 24.4 Å². The number of halogens is 1. The van der Waals surface area contributed by atoms with E-state index in [9.17, 15) is 9.18 Å². The number of amides is 1. The molecule has 92 valence electrons. The molecular formula is C13H16FNO2. The molecule has 1 heterocycles. The van der Waals surface area contributed by atoms with Gasteiger partial charge < -0.3 is 9.64 Å². The zero-order valence-corrected chi connectivity index (χ0v) is 9.86. The lowest BCUT2D eigenvalue weighted by atomic mass is 10.0. The molecule has 0 aliphatic carbocycles. The van der Waals surface area contributed by atoms with E-state index in [1.54, 1.807) is 11.0 Å². The van der Waals surface area contributed by atoms with E-state index in [2.05, 4.69) is 0 Å². The molecule has 0 aromatic heterocycles. The summed E-state index contributed by atoms with van der Waals surface area (Å²) in [7, 11) is 1.51. The minimum Gasteiger partial charge on any atom is -0.375 e. The highest BCUT2D eigenvalue weighted by Gasteiger charge is 2.29. The molecule has 0 spiro atoms. The minimum absolute atomic E-state index is 0.00616. The normalized spacial score (nSPS) is 19.6. The quantitative estimate of drug-likeness (QED) is 0.806. The smallest absolute Gasteiger partial charge is 0.249 e. The fourth-order valence-electron chi connectivity index (χ4n) is 2.33. The van der Waals surface area contributed by atoms with Crippen molar-refractivity contribution < 1.29 is 13.9 Å². The second kappa shape index (κ2) is 5.27. The number of hydrogen-bond donors (Lipinski definition) is 0. The van der Waals surface area contributed by atoms with E-state index in [1.807, 2.05) is 6.07 Å². The Hall–Kier alpha value is -1.42. The van der Waals surface area contributed by atoms with Crippen molar-refractivity contribution in [1.82, 2.24) is 4.90 Å². The maximum Gasteiger partial charge on any atom is 0.249 e. The molecular weight excluding hydrogens is 221 g/mol. The summed E-state index contributed by atoms with van der Waals surface area (Å²) in [5, 5.41) is 0. The van der Waals surface area contributed by atoms with Gasteiger partial charge in [0.1, 0.15) is 12.4 Å². The Morgan fingerprint density at radius 2 is 2.41 bits per heavy atom. The maximum atomic E-state index is 13.2. The van der Waals surface area contributed by atoms with Crippen LogP contribution >= 0.6 is 0 Å². The highest BCUT2D eigenvalue weighted by atomic mass is 19.1. The van der Waals surface area contributed by atoms with Crippen molar-refractivity contribution in [1.29, 1.82) is 0 Å². The van der Waals surface area contributed by atoms with Crippen LogP contribution in [0, 0.1) is 5.82 Å². The fourth-order valence-corrected chi connectivity index (χ4v) is 2.33. The standard InChI is InChI=1S/C13H16FNO2/c1-17-9-13(16)15-7-3-6-12(15)10-4-2-5-11(14)8-10/h2,4-5,8,12H,3,6-7,9H2,1H3. The average Bonchev–Trinajstić information content (AvgIpc) is 2.78. The number of carbonyl (C=O) groups excluding carboxylic acids is 1. The highest BCUT2D eigenvalue weighted by Crippen LogP contribution is 2.32. The van der Waals surface area contributed by atoms with Crippen LogP contribution in [0.4, 0.5) is 4.39 Å². The minimum atomic E-state index is -0.256. The van der Waals surface area contributed by atoms with Gasteiger partial charge in [0.2, 0.25) is 5.91 Å². The summed E-state index contributed by atoms with van der Waals surface area (Å²) in [4.78, 5) is 13.6. The van der Waals surface area contributed by atoms with Gasteiger partial charge in [0, 0.05) is 13.7 Å². The first-order valence-corrected chi connectivity index (χ1v) is 5.76. The molecule has 1 amide bonds. The molecule has 1 aromatic carbocycles. The van der Waals surface area contributed by atoms with E-state index < -0.39 is 0 Å². The van der Waals surface area contributed by atoms with E-state index in [-0.39, 0.29) is 24.4 Å². The monoisotopic (exact) mass is 237 g/mol. The van der Waals surface area contributed by atoms with E-state index >= 15 is 0 Å². The van der Waals surface area contributed by atoms with Crippen LogP contribution in [0.5, 0.6) is 0 Å². The first-order valence-electron chi connectivity index (χ1n) is 5.76. The molecule has 1 atom stereocenters. The van der Waals surface area contributed by atoms with Gasteiger partial charge in [0.25, 0.3) is 0 Å². The number of nitrogens with zero attached hydrogens (tertiary/aromatic N) is 1. The van der Waals surface area contributed by atoms with Crippen LogP contribution in [0.3, 0.4) is 0 Å². The van der Waals surface area contributed by atoms with Crippen molar-refractivity contribution in [2.45, 2.75) is 18.9 Å². The lowest BCUT2D eigenvalue weighted by Gasteiger charge is -2.24. The highest BCUT2D eigenvalue weighted by molar-refractivity contribution is 5.78. The molecule has 3 nitrogen and oxygen atoms in total. The van der Waals surface area contributed by atoms with Crippen molar-refractivity contribution in [3.63, 3.8) is 0 Å². The van der Waals surface area contributed by atoms with Gasteiger partial charge in [-0.1, -0.05) is 12.1 Å². The molecule has 1 fully saturated rings. The predicted octanol–water partition coefficient (Wildman–Crippen LogP) is 2.14. The topological polar surface area (TPSA) is 29.5 Å². The molecule has 1 saturated heterocycles. The number of ether oxygens (including phenoxy) is 1. The van der Waals surface area contributed by atoms with Crippen LogP contribution < -0.4 is 0 Å². The molecule has 2 rings (SSSR count). The third-order valence-corrected chi connectivity index (χ3v) is 3.07. The Bertz CT molecular complexity index is 408. The molecule has 1 unspecified atom stereocenters. The lowest BCUT2D eigenvalue weighted by Crippen LogP contribution is -2.33. The predicted molar refractivity (Wildman–Crippen MR) is 62.0 cm³/mol. The molecule has 4 heteroatoms. The molecule has 1 aromatic rings. The van der Waals surface area contributed by atoms with E-state index in [0.29, 0.717) is 0 Å². The molecule has 0 saturated carbocycles. The summed E-state index contributed by atoms with van der Waals surface area (Å²) in [6.07, 6.45) is 1.84. The van der Waals surface area contributed by atoms with Crippen molar-refractivity contribution in [2.75, 3.05) is 20.3 Å². The zero-order valence-electron chi connectivity index (χ0n) is 9.86. The van der Waals surface area contributed by atoms with Crippen LogP contribution in [-0.2, 0) is 9.53 Å². The Kier molecular flexibility index (Phi) is 3.74. The van der Waals surface area contributed by atoms with Crippen LogP contribution in [-0.4, -0.2) is 31.1 Å². The summed E-state index contributed by atoms with van der Waals surface area (Å²) in [5.41, 5.74) is 0.868. The molecule has 0 bridgehead atoms. The van der Waals surface area contributed by atoms with Crippen LogP contribution in [0.15, 0.2) is 24.3 Å². The van der Waals surface area contributed by atoms with Gasteiger partial charge in [0.15, 0.2) is 0 Å². The molecule has 1 aliphatic rings.